The second kappa shape index (κ2) is 12.2. The van der Waals surface area contributed by atoms with E-state index in [4.69, 9.17) is 0 Å². The Kier molecular flexibility index (Phi) is 9.12. The first kappa shape index (κ1) is 26.8. The van der Waals surface area contributed by atoms with Gasteiger partial charge in [0.1, 0.15) is 11.5 Å². The third-order valence-corrected chi connectivity index (χ3v) is 6.51. The Morgan fingerprint density at radius 3 is 1.36 bits per heavy atom. The average Bonchev–Trinajstić information content (AvgIpc) is 2.86. The van der Waals surface area contributed by atoms with Gasteiger partial charge < -0.3 is 20.8 Å². The lowest BCUT2D eigenvalue weighted by Crippen LogP contribution is -2.14. The summed E-state index contributed by atoms with van der Waals surface area (Å²) in [5.74, 6) is -0.367. The smallest absolute Gasteiger partial charge is 0.259 e. The molecule has 4 N–H and O–H groups in total. The molecule has 0 saturated heterocycles. The topological polar surface area (TPSA) is 98.7 Å². The number of phenols is 2. The van der Waals surface area contributed by atoms with Crippen LogP contribution in [-0.2, 0) is 0 Å². The molecule has 6 nitrogen and oxygen atoms in total. The number of carbonyl (C=O) groups excluding carboxylic acids is 2. The predicted octanol–water partition coefficient (Wildman–Crippen LogP) is 7.41. The highest BCUT2D eigenvalue weighted by atomic mass is 16.3. The van der Waals surface area contributed by atoms with Crippen LogP contribution in [0.2, 0.25) is 0 Å². The van der Waals surface area contributed by atoms with Gasteiger partial charge in [0.2, 0.25) is 0 Å². The number of benzene rings is 3. The normalized spacial score (nSPS) is 12.6. The second-order valence-electron chi connectivity index (χ2n) is 9.42. The third-order valence-electron chi connectivity index (χ3n) is 6.51. The molecule has 0 aromatic heterocycles. The van der Waals surface area contributed by atoms with E-state index < -0.39 is 11.8 Å². The first-order chi connectivity index (χ1) is 17.2. The van der Waals surface area contributed by atoms with E-state index in [-0.39, 0.29) is 22.6 Å². The molecule has 0 aliphatic carbocycles. The maximum Gasteiger partial charge on any atom is 0.259 e. The molecule has 190 valence electrons. The average molecular weight is 489 g/mol. The fourth-order valence-electron chi connectivity index (χ4n) is 4.32. The van der Waals surface area contributed by atoms with Gasteiger partial charge in [-0.15, -0.1) is 0 Å². The maximum absolute atomic E-state index is 12.8. The number of aromatic hydroxyl groups is 2. The third kappa shape index (κ3) is 6.66. The minimum absolute atomic E-state index is 0.0703. The Balaban J connectivity index is 1.69. The molecular formula is C30H36N2O4. The van der Waals surface area contributed by atoms with Crippen LogP contribution in [0.5, 0.6) is 11.5 Å². The summed E-state index contributed by atoms with van der Waals surface area (Å²) in [6, 6.07) is 17.0. The van der Waals surface area contributed by atoms with E-state index in [0.717, 1.165) is 36.8 Å². The summed E-state index contributed by atoms with van der Waals surface area (Å²) in [5.41, 5.74) is 3.52. The van der Waals surface area contributed by atoms with Crippen LogP contribution in [0, 0.1) is 0 Å². The molecule has 2 amide bonds. The van der Waals surface area contributed by atoms with Crippen molar-refractivity contribution in [2.75, 3.05) is 10.6 Å². The fraction of sp³-hybridized carbons (Fsp3) is 0.333. The van der Waals surface area contributed by atoms with Crippen LogP contribution in [0.25, 0.3) is 0 Å². The molecule has 0 aliphatic rings. The van der Waals surface area contributed by atoms with Gasteiger partial charge in [-0.2, -0.15) is 0 Å². The quantitative estimate of drug-likeness (QED) is 0.239. The Morgan fingerprint density at radius 2 is 1.03 bits per heavy atom. The van der Waals surface area contributed by atoms with Gasteiger partial charge in [-0.3, -0.25) is 9.59 Å². The van der Waals surface area contributed by atoms with Crippen LogP contribution in [0.1, 0.15) is 97.1 Å². The number of anilines is 2. The largest absolute Gasteiger partial charge is 0.507 e. The highest BCUT2D eigenvalue weighted by Gasteiger charge is 2.16. The molecule has 3 aromatic carbocycles. The summed E-state index contributed by atoms with van der Waals surface area (Å²) in [5, 5.41) is 26.0. The lowest BCUT2D eigenvalue weighted by Gasteiger charge is -2.14. The van der Waals surface area contributed by atoms with Crippen molar-refractivity contribution < 1.29 is 19.8 Å². The van der Waals surface area contributed by atoms with E-state index in [0.29, 0.717) is 23.2 Å². The second-order valence-corrected chi connectivity index (χ2v) is 9.42. The Morgan fingerprint density at radius 1 is 0.667 bits per heavy atom. The van der Waals surface area contributed by atoms with E-state index >= 15 is 0 Å². The van der Waals surface area contributed by atoms with Crippen LogP contribution in [0.4, 0.5) is 11.4 Å². The van der Waals surface area contributed by atoms with Gasteiger partial charge >= 0.3 is 0 Å². The van der Waals surface area contributed by atoms with Gasteiger partial charge in [-0.1, -0.05) is 52.7 Å². The van der Waals surface area contributed by atoms with Gasteiger partial charge in [-0.25, -0.2) is 0 Å². The van der Waals surface area contributed by atoms with Gasteiger partial charge in [-0.05, 0) is 84.3 Å². The van der Waals surface area contributed by atoms with Crippen LogP contribution in [-0.4, -0.2) is 22.0 Å². The summed E-state index contributed by atoms with van der Waals surface area (Å²) in [7, 11) is 0. The van der Waals surface area contributed by atoms with E-state index in [2.05, 4.69) is 38.3 Å². The molecular weight excluding hydrogens is 452 g/mol. The maximum atomic E-state index is 12.8. The van der Waals surface area contributed by atoms with Gasteiger partial charge in [0.25, 0.3) is 11.8 Å². The predicted molar refractivity (Wildman–Crippen MR) is 145 cm³/mol. The van der Waals surface area contributed by atoms with E-state index in [1.807, 2.05) is 12.1 Å². The number of hydrogen-bond donors (Lipinski definition) is 4. The van der Waals surface area contributed by atoms with Crippen molar-refractivity contribution in [3.05, 3.63) is 82.9 Å². The first-order valence-electron chi connectivity index (χ1n) is 12.6. The monoisotopic (exact) mass is 488 g/mol. The van der Waals surface area contributed by atoms with Crippen LogP contribution >= 0.6 is 0 Å². The van der Waals surface area contributed by atoms with Crippen molar-refractivity contribution in [2.24, 2.45) is 0 Å². The first-order valence-corrected chi connectivity index (χ1v) is 12.6. The van der Waals surface area contributed by atoms with Crippen molar-refractivity contribution in [2.45, 2.75) is 65.2 Å². The lowest BCUT2D eigenvalue weighted by molar-refractivity contribution is 0.101. The fourth-order valence-corrected chi connectivity index (χ4v) is 4.32. The van der Waals surface area contributed by atoms with Crippen molar-refractivity contribution in [1.82, 2.24) is 0 Å². The highest BCUT2D eigenvalue weighted by Crippen LogP contribution is 2.28. The molecule has 0 spiro atoms. The van der Waals surface area contributed by atoms with Crippen molar-refractivity contribution >= 4 is 23.2 Å². The zero-order chi connectivity index (χ0) is 26.2. The van der Waals surface area contributed by atoms with Gasteiger partial charge in [0.15, 0.2) is 0 Å². The molecule has 3 aromatic rings. The highest BCUT2D eigenvalue weighted by molar-refractivity contribution is 6.07. The SMILES string of the molecule is CCCC(C)c1ccc(O)c(C(=O)Nc2ccc(NC(=O)c3cc(C(C)CCC)ccc3O)cc2)c1. The summed E-state index contributed by atoms with van der Waals surface area (Å²) in [6.45, 7) is 8.44. The van der Waals surface area contributed by atoms with Crippen molar-refractivity contribution in [1.29, 1.82) is 0 Å². The number of carbonyl (C=O) groups is 2. The summed E-state index contributed by atoms with van der Waals surface area (Å²) in [4.78, 5) is 25.6. The van der Waals surface area contributed by atoms with E-state index in [1.165, 1.54) is 0 Å². The van der Waals surface area contributed by atoms with Crippen LogP contribution < -0.4 is 10.6 Å². The standard InChI is InChI=1S/C30H36N2O4/c1-5-7-19(3)21-9-15-27(33)25(17-21)29(35)31-23-11-13-24(14-12-23)32-30(36)26-18-22(10-16-28(26)34)20(4)8-6-2/h9-20,33-34H,5-8H2,1-4H3,(H,31,35)(H,32,36). The van der Waals surface area contributed by atoms with Crippen molar-refractivity contribution in [3.8, 4) is 11.5 Å². The molecule has 36 heavy (non-hydrogen) atoms. The molecule has 0 saturated carbocycles. The van der Waals surface area contributed by atoms with E-state index in [1.54, 1.807) is 48.5 Å². The Labute approximate surface area is 213 Å². The van der Waals surface area contributed by atoms with Gasteiger partial charge in [0.05, 0.1) is 11.1 Å². The Hall–Kier alpha value is -3.80. The van der Waals surface area contributed by atoms with Crippen LogP contribution in [0.15, 0.2) is 60.7 Å². The summed E-state index contributed by atoms with van der Waals surface area (Å²) < 4.78 is 0. The Bertz CT molecular complexity index is 1110. The zero-order valence-corrected chi connectivity index (χ0v) is 21.5. The minimum Gasteiger partial charge on any atom is -0.507 e. The molecule has 0 aliphatic heterocycles. The number of nitrogens with one attached hydrogen (secondary N) is 2. The number of phenolic OH excluding ortho intramolecular Hbond substituents is 2. The van der Waals surface area contributed by atoms with Gasteiger partial charge in [0, 0.05) is 11.4 Å². The molecule has 2 atom stereocenters. The zero-order valence-electron chi connectivity index (χ0n) is 21.5. The molecule has 0 radical (unpaired) electrons. The molecule has 0 bridgehead atoms. The summed E-state index contributed by atoms with van der Waals surface area (Å²) >= 11 is 0. The van der Waals surface area contributed by atoms with Crippen molar-refractivity contribution in [3.63, 3.8) is 0 Å². The molecule has 3 rings (SSSR count). The number of rotatable bonds is 10. The summed E-state index contributed by atoms with van der Waals surface area (Å²) in [6.07, 6.45) is 4.07. The molecule has 0 fully saturated rings. The molecule has 2 unspecified atom stereocenters. The molecule has 6 heteroatoms. The van der Waals surface area contributed by atoms with Crippen LogP contribution in [0.3, 0.4) is 0 Å². The number of hydrogen-bond acceptors (Lipinski definition) is 4. The van der Waals surface area contributed by atoms with E-state index in [9.17, 15) is 19.8 Å². The molecule has 0 heterocycles. The minimum atomic E-state index is -0.405. The number of amides is 2. The lowest BCUT2D eigenvalue weighted by atomic mass is 9.94.